The Hall–Kier alpha value is -6.65. The van der Waals surface area contributed by atoms with Crippen molar-refractivity contribution in [2.45, 2.75) is 64.5 Å². The second kappa shape index (κ2) is 27.2. The molecule has 0 saturated carbocycles. The van der Waals surface area contributed by atoms with E-state index in [0.29, 0.717) is 70.2 Å². The first-order valence-electron chi connectivity index (χ1n) is 25.4. The van der Waals surface area contributed by atoms with Crippen LogP contribution in [0.2, 0.25) is 15.2 Å². The van der Waals surface area contributed by atoms with Crippen LogP contribution in [0.3, 0.4) is 0 Å². The summed E-state index contributed by atoms with van der Waals surface area (Å²) in [5.74, 6) is 2.85. The van der Waals surface area contributed by atoms with Gasteiger partial charge in [-0.1, -0.05) is 83.3 Å². The summed E-state index contributed by atoms with van der Waals surface area (Å²) in [7, 11) is 0. The number of anilines is 3. The third-order valence-corrected chi connectivity index (χ3v) is 14.5. The number of pyridine rings is 6. The van der Waals surface area contributed by atoms with Crippen LogP contribution in [-0.2, 0) is 25.9 Å². The Bertz CT molecular complexity index is 3150. The van der Waals surface area contributed by atoms with E-state index in [4.69, 9.17) is 52.0 Å². The minimum atomic E-state index is -0.0839. The van der Waals surface area contributed by atoms with Gasteiger partial charge in [0.05, 0.1) is 21.2 Å². The molecule has 0 spiro atoms. The molecule has 8 aromatic rings. The van der Waals surface area contributed by atoms with Crippen molar-refractivity contribution in [3.8, 4) is 0 Å². The molecule has 2 fully saturated rings. The molecule has 6 aromatic heterocycles. The zero-order chi connectivity index (χ0) is 52.5. The SMILES string of the molecule is NCC1CCN(Cc2cccnc2)CC1.Nc1nccc2cc(CCC(=O)c3cc(Cl)cnc3Cl)ccc12.Nc1nccc2cc(CCC(=O)c3cc(Cl)cnc3NCC3CCN(Cc4cccnc4)CC3)ccc12. The molecule has 2 aromatic carbocycles. The van der Waals surface area contributed by atoms with Crippen LogP contribution in [0.25, 0.3) is 21.5 Å². The fourth-order valence-electron chi connectivity index (χ4n) is 9.48. The number of carbonyl (C=O) groups excluding carboxylic acids is 2. The number of hydrogen-bond acceptors (Lipinski definition) is 14. The van der Waals surface area contributed by atoms with Gasteiger partial charge in [0.1, 0.15) is 22.6 Å². The molecule has 0 unspecified atom stereocenters. The number of hydrogen-bond donors (Lipinski definition) is 4. The number of likely N-dealkylation sites (tertiary alicyclic amines) is 2. The van der Waals surface area contributed by atoms with E-state index in [0.717, 1.165) is 90.7 Å². The summed E-state index contributed by atoms with van der Waals surface area (Å²) in [5, 5.41) is 8.34. The number of nitrogens with one attached hydrogen (secondary N) is 1. The molecule has 2 saturated heterocycles. The third-order valence-electron chi connectivity index (χ3n) is 13.8. The number of nitrogen functional groups attached to an aromatic ring is 2. The maximum absolute atomic E-state index is 13.2. The number of nitrogens with two attached hydrogens (primary N) is 3. The maximum atomic E-state index is 13.2. The molecule has 0 bridgehead atoms. The summed E-state index contributed by atoms with van der Waals surface area (Å²) in [6.45, 7) is 8.06. The van der Waals surface area contributed by atoms with Gasteiger partial charge >= 0.3 is 0 Å². The normalized spacial score (nSPS) is 14.4. The summed E-state index contributed by atoms with van der Waals surface area (Å²) < 4.78 is 0. The van der Waals surface area contributed by atoms with E-state index >= 15 is 0 Å². The lowest BCUT2D eigenvalue weighted by atomic mass is 9.96. The van der Waals surface area contributed by atoms with Crippen LogP contribution in [0.4, 0.5) is 17.5 Å². The molecule has 7 N–H and O–H groups in total. The number of fused-ring (bicyclic) bond motifs is 2. The fraction of sp³-hybridized carbons (Fsp3) is 0.310. The molecule has 75 heavy (non-hydrogen) atoms. The van der Waals surface area contributed by atoms with Crippen molar-refractivity contribution in [3.05, 3.63) is 183 Å². The first-order valence-corrected chi connectivity index (χ1v) is 26.6. The van der Waals surface area contributed by atoms with Crippen LogP contribution in [0.15, 0.2) is 135 Å². The molecule has 2 aliphatic heterocycles. The number of aromatic nitrogens is 6. The maximum Gasteiger partial charge on any atom is 0.166 e. The number of halogens is 3. The van der Waals surface area contributed by atoms with Crippen molar-refractivity contribution < 1.29 is 9.59 Å². The number of carbonyl (C=O) groups is 2. The van der Waals surface area contributed by atoms with E-state index in [-0.39, 0.29) is 16.7 Å². The van der Waals surface area contributed by atoms with Gasteiger partial charge in [0.2, 0.25) is 0 Å². The van der Waals surface area contributed by atoms with Gasteiger partial charge in [-0.15, -0.1) is 0 Å². The second-order valence-electron chi connectivity index (χ2n) is 19.2. The summed E-state index contributed by atoms with van der Waals surface area (Å²) in [4.78, 5) is 55.3. The van der Waals surface area contributed by atoms with Gasteiger partial charge < -0.3 is 22.5 Å². The van der Waals surface area contributed by atoms with Crippen molar-refractivity contribution >= 4 is 85.4 Å². The minimum Gasteiger partial charge on any atom is -0.383 e. The van der Waals surface area contributed by atoms with Crippen LogP contribution in [-0.4, -0.2) is 90.5 Å². The van der Waals surface area contributed by atoms with Gasteiger partial charge in [0.15, 0.2) is 11.6 Å². The van der Waals surface area contributed by atoms with Gasteiger partial charge in [-0.05, 0) is 153 Å². The third kappa shape index (κ3) is 15.9. The van der Waals surface area contributed by atoms with E-state index in [1.807, 2.05) is 79.4 Å². The zero-order valence-corrected chi connectivity index (χ0v) is 44.2. The van der Waals surface area contributed by atoms with E-state index in [2.05, 4.69) is 63.2 Å². The predicted molar refractivity (Wildman–Crippen MR) is 303 cm³/mol. The number of nitrogens with zero attached hydrogens (tertiary/aromatic N) is 8. The van der Waals surface area contributed by atoms with E-state index in [1.165, 1.54) is 43.3 Å². The van der Waals surface area contributed by atoms with Gasteiger partial charge in [0, 0.05) is 92.8 Å². The zero-order valence-electron chi connectivity index (χ0n) is 41.9. The molecule has 2 aliphatic rings. The molecule has 0 atom stereocenters. The van der Waals surface area contributed by atoms with Crippen molar-refractivity contribution in [1.82, 2.24) is 39.7 Å². The molecule has 0 aliphatic carbocycles. The van der Waals surface area contributed by atoms with Crippen molar-refractivity contribution in [2.75, 3.05) is 56.1 Å². The summed E-state index contributed by atoms with van der Waals surface area (Å²) >= 11 is 18.0. The molecule has 0 amide bonds. The van der Waals surface area contributed by atoms with Crippen LogP contribution >= 0.6 is 34.8 Å². The van der Waals surface area contributed by atoms with Crippen molar-refractivity contribution in [1.29, 1.82) is 0 Å². The number of ketones is 2. The van der Waals surface area contributed by atoms with Gasteiger partial charge in [-0.25, -0.2) is 19.9 Å². The second-order valence-corrected chi connectivity index (χ2v) is 20.4. The highest BCUT2D eigenvalue weighted by molar-refractivity contribution is 6.34. The molecule has 14 nitrogen and oxygen atoms in total. The minimum absolute atomic E-state index is 0.0260. The largest absolute Gasteiger partial charge is 0.383 e. The monoisotopic (exact) mass is 1060 g/mol. The lowest BCUT2D eigenvalue weighted by molar-refractivity contribution is 0.0975. The van der Waals surface area contributed by atoms with E-state index in [9.17, 15) is 9.59 Å². The summed E-state index contributed by atoms with van der Waals surface area (Å²) in [6, 6.07) is 27.3. The fourth-order valence-corrected chi connectivity index (χ4v) is 10.0. The lowest BCUT2D eigenvalue weighted by Crippen LogP contribution is -2.35. The summed E-state index contributed by atoms with van der Waals surface area (Å²) in [5.41, 5.74) is 23.1. The van der Waals surface area contributed by atoms with Crippen LogP contribution in [0, 0.1) is 11.8 Å². The average molecular weight is 1070 g/mol. The van der Waals surface area contributed by atoms with E-state index in [1.54, 1.807) is 30.7 Å². The number of rotatable bonds is 16. The highest BCUT2D eigenvalue weighted by Crippen LogP contribution is 2.27. The Labute approximate surface area is 453 Å². The number of piperidine rings is 2. The van der Waals surface area contributed by atoms with Crippen molar-refractivity contribution in [2.24, 2.45) is 17.6 Å². The number of benzene rings is 2. The Balaban J connectivity index is 0.000000166. The number of aryl methyl sites for hydroxylation is 2. The highest BCUT2D eigenvalue weighted by Gasteiger charge is 2.22. The standard InChI is InChI=1S/C29H31ClN6O.C17H13Cl2N3O.C12H19N3/c30-24-15-26(27(37)6-4-20-3-5-25-23(14-20)7-11-33-28(25)31)29(35-18-24)34-17-21-8-12-36(13-9-21)19-22-2-1-10-32-16-22;18-12-8-14(16(19)22-9-12)15(23)4-2-10-1-3-13-11(7-10)5-6-21-17(13)20;13-8-11-3-6-15(7-4-11)10-12-2-1-5-14-9-12/h1-3,5,7,10-11,14-16,18,21H,4,6,8-9,12-13,17,19H2,(H2,31,33)(H,34,35);1,3,5-9H,2,4H2,(H2,20,21);1-2,5,9,11H,3-4,6-8,10,13H2. The average Bonchev–Trinajstić information content (AvgIpc) is 3.43. The topological polar surface area (TPSA) is 208 Å². The Morgan fingerprint density at radius 1 is 0.560 bits per heavy atom. The van der Waals surface area contributed by atoms with Gasteiger partial charge in [-0.3, -0.25) is 29.4 Å². The quantitative estimate of drug-likeness (QED) is 0.0525. The smallest absolute Gasteiger partial charge is 0.166 e. The Morgan fingerprint density at radius 3 is 1.56 bits per heavy atom. The van der Waals surface area contributed by atoms with Gasteiger partial charge in [-0.2, -0.15) is 0 Å². The Morgan fingerprint density at radius 2 is 1.05 bits per heavy atom. The molecule has 388 valence electrons. The summed E-state index contributed by atoms with van der Waals surface area (Å²) in [6.07, 6.45) is 20.5. The van der Waals surface area contributed by atoms with Crippen molar-refractivity contribution in [3.63, 3.8) is 0 Å². The van der Waals surface area contributed by atoms with Crippen LogP contribution in [0.1, 0.15) is 81.5 Å². The van der Waals surface area contributed by atoms with Crippen LogP contribution in [0.5, 0.6) is 0 Å². The Kier molecular flexibility index (Phi) is 19.8. The highest BCUT2D eigenvalue weighted by atomic mass is 35.5. The van der Waals surface area contributed by atoms with Crippen LogP contribution < -0.4 is 22.5 Å². The predicted octanol–water partition coefficient (Wildman–Crippen LogP) is 11.0. The molecule has 8 heterocycles. The number of Topliss-reactive ketones (excluding diaryl/α,β-unsaturated/α-hetero) is 2. The van der Waals surface area contributed by atoms with Gasteiger partial charge in [0.25, 0.3) is 0 Å². The molecule has 17 heteroatoms. The first-order chi connectivity index (χ1) is 36.5. The first kappa shape index (κ1) is 54.6. The molecular weight excluding hydrogens is 1000 g/mol. The molecular formula is C58H63Cl3N12O2. The molecule has 0 radical (unpaired) electrons. The molecule has 10 rings (SSSR count). The lowest BCUT2D eigenvalue weighted by Gasteiger charge is -2.32. The van der Waals surface area contributed by atoms with E-state index < -0.39 is 0 Å².